The number of amides is 1. The number of rotatable bonds is 31. The number of hydrogen-bond acceptors (Lipinski definition) is 11. The summed E-state index contributed by atoms with van der Waals surface area (Å²) < 4.78 is 48.0. The Morgan fingerprint density at radius 2 is 0.838 bits per heavy atom. The van der Waals surface area contributed by atoms with Crippen LogP contribution in [0.15, 0.2) is 0 Å². The Morgan fingerprint density at radius 1 is 0.514 bits per heavy atom. The molecule has 13 nitrogen and oxygen atoms in total. The summed E-state index contributed by atoms with van der Waals surface area (Å²) in [5.41, 5.74) is 0. The minimum absolute atomic E-state index is 0.00586. The molecule has 0 aromatic rings. The highest BCUT2D eigenvalue weighted by Gasteiger charge is 2.04. The second-order valence-corrected chi connectivity index (χ2v) is 7.49. The van der Waals surface area contributed by atoms with E-state index < -0.39 is 5.97 Å². The summed E-state index contributed by atoms with van der Waals surface area (Å²) in [6.07, 6.45) is 0.491. The largest absolute Gasteiger partial charge is 0.481 e. The monoisotopic (exact) mass is 541 g/mol. The van der Waals surface area contributed by atoms with Crippen molar-refractivity contribution >= 4 is 11.9 Å². The molecule has 0 atom stereocenters. The maximum absolute atomic E-state index is 11.3. The zero-order chi connectivity index (χ0) is 27.1. The van der Waals surface area contributed by atoms with Gasteiger partial charge in [-0.2, -0.15) is 0 Å². The topological polar surface area (TPSA) is 149 Å². The van der Waals surface area contributed by atoms with Crippen LogP contribution in [0.25, 0.3) is 0 Å². The van der Waals surface area contributed by atoms with Crippen LogP contribution in [0.2, 0.25) is 0 Å². The van der Waals surface area contributed by atoms with Gasteiger partial charge < -0.3 is 53.1 Å². The van der Waals surface area contributed by atoms with Crippen LogP contribution in [0.4, 0.5) is 0 Å². The Labute approximate surface area is 220 Å². The van der Waals surface area contributed by atoms with Gasteiger partial charge in [0.05, 0.1) is 112 Å². The van der Waals surface area contributed by atoms with E-state index >= 15 is 0 Å². The molecule has 0 aromatic carbocycles. The molecule has 0 rings (SSSR count). The minimum atomic E-state index is -0.980. The van der Waals surface area contributed by atoms with Crippen molar-refractivity contribution in [1.82, 2.24) is 5.32 Å². The Kier molecular flexibility index (Phi) is 29.6. The lowest BCUT2D eigenvalue weighted by atomic mass is 10.3. The van der Waals surface area contributed by atoms with Crippen molar-refractivity contribution in [3.63, 3.8) is 0 Å². The van der Waals surface area contributed by atoms with Gasteiger partial charge in [-0.05, 0) is 6.42 Å². The lowest BCUT2D eigenvalue weighted by Crippen LogP contribution is -2.25. The van der Waals surface area contributed by atoms with E-state index in [1.54, 1.807) is 7.11 Å². The number of nitrogens with one attached hydrogen (secondary N) is 1. The fraction of sp³-hybridized carbons (Fsp3) is 0.917. The predicted molar refractivity (Wildman–Crippen MR) is 133 cm³/mol. The zero-order valence-corrected chi connectivity index (χ0v) is 22.3. The van der Waals surface area contributed by atoms with Crippen molar-refractivity contribution in [2.24, 2.45) is 0 Å². The van der Waals surface area contributed by atoms with Crippen LogP contribution in [0, 0.1) is 0 Å². The van der Waals surface area contributed by atoms with Crippen LogP contribution in [0.3, 0.4) is 0 Å². The Hall–Kier alpha value is -1.42. The number of hydrogen-bond donors (Lipinski definition) is 2. The van der Waals surface area contributed by atoms with E-state index in [2.05, 4.69) is 5.32 Å². The number of carboxylic acids is 1. The third-order valence-corrected chi connectivity index (χ3v) is 4.39. The standard InChI is InChI=1S/C24H47NO12/c1-29-7-8-31-11-12-33-15-16-35-19-20-37-22-21-36-18-17-34-14-13-32-10-9-30-6-2-5-25-23(26)3-4-24(27)28/h2-22H2,1H3,(H,25,26)(H,27,28). The van der Waals surface area contributed by atoms with Crippen molar-refractivity contribution < 1.29 is 57.3 Å². The van der Waals surface area contributed by atoms with E-state index in [9.17, 15) is 9.59 Å². The van der Waals surface area contributed by atoms with Crippen LogP contribution >= 0.6 is 0 Å². The molecule has 0 unspecified atom stereocenters. The predicted octanol–water partition coefficient (Wildman–Crippen LogP) is 0.137. The number of ether oxygens (including phenoxy) is 9. The minimum Gasteiger partial charge on any atom is -0.481 e. The van der Waals surface area contributed by atoms with Gasteiger partial charge in [-0.1, -0.05) is 0 Å². The van der Waals surface area contributed by atoms with Crippen LogP contribution in [-0.4, -0.2) is 143 Å². The Morgan fingerprint density at radius 3 is 1.16 bits per heavy atom. The fourth-order valence-corrected chi connectivity index (χ4v) is 2.49. The van der Waals surface area contributed by atoms with E-state index in [1.165, 1.54) is 0 Å². The first-order chi connectivity index (χ1) is 18.2. The second-order valence-electron chi connectivity index (χ2n) is 7.49. The molecule has 0 radical (unpaired) electrons. The third kappa shape index (κ3) is 32.6. The summed E-state index contributed by atoms with van der Waals surface area (Å²) in [5, 5.41) is 11.1. The number of methoxy groups -OCH3 is 1. The van der Waals surface area contributed by atoms with Crippen molar-refractivity contribution in [3.05, 3.63) is 0 Å². The maximum atomic E-state index is 11.3. The summed E-state index contributed by atoms with van der Waals surface area (Å²) in [6.45, 7) is 9.10. The summed E-state index contributed by atoms with van der Waals surface area (Å²) in [5.74, 6) is -1.24. The molecule has 0 aliphatic heterocycles. The molecule has 220 valence electrons. The summed E-state index contributed by atoms with van der Waals surface area (Å²) >= 11 is 0. The molecule has 0 aliphatic carbocycles. The molecule has 0 spiro atoms. The van der Waals surface area contributed by atoms with Gasteiger partial charge in [-0.3, -0.25) is 9.59 Å². The number of carbonyl (C=O) groups excluding carboxylic acids is 1. The molecular formula is C24H47NO12. The number of carboxylic acid groups (broad SMARTS) is 1. The molecule has 2 N–H and O–H groups in total. The molecule has 0 aliphatic rings. The summed E-state index contributed by atoms with van der Waals surface area (Å²) in [4.78, 5) is 21.7. The second kappa shape index (κ2) is 30.8. The molecule has 13 heteroatoms. The normalized spacial score (nSPS) is 11.2. The lowest BCUT2D eigenvalue weighted by molar-refractivity contribution is -0.138. The molecule has 0 aromatic heterocycles. The van der Waals surface area contributed by atoms with E-state index in [4.69, 9.17) is 47.7 Å². The molecule has 0 saturated heterocycles. The first-order valence-electron chi connectivity index (χ1n) is 12.8. The first kappa shape index (κ1) is 35.6. The van der Waals surface area contributed by atoms with Crippen LogP contribution in [0.1, 0.15) is 19.3 Å². The van der Waals surface area contributed by atoms with Crippen LogP contribution in [-0.2, 0) is 52.2 Å². The summed E-state index contributed by atoms with van der Waals surface area (Å²) in [7, 11) is 1.64. The Balaban J connectivity index is 3.07. The van der Waals surface area contributed by atoms with Crippen molar-refractivity contribution in [3.8, 4) is 0 Å². The molecular weight excluding hydrogens is 494 g/mol. The quantitative estimate of drug-likeness (QED) is 0.115. The number of aliphatic carboxylic acids is 1. The van der Waals surface area contributed by atoms with E-state index in [1.807, 2.05) is 0 Å². The molecule has 1 amide bonds. The summed E-state index contributed by atoms with van der Waals surface area (Å²) in [6, 6.07) is 0. The van der Waals surface area contributed by atoms with E-state index in [-0.39, 0.29) is 18.7 Å². The van der Waals surface area contributed by atoms with E-state index in [0.29, 0.717) is 125 Å². The van der Waals surface area contributed by atoms with Gasteiger partial charge in [0, 0.05) is 26.7 Å². The molecule has 0 heterocycles. The van der Waals surface area contributed by atoms with Crippen molar-refractivity contribution in [1.29, 1.82) is 0 Å². The molecule has 0 bridgehead atoms. The zero-order valence-electron chi connectivity index (χ0n) is 22.3. The molecule has 0 fully saturated rings. The van der Waals surface area contributed by atoms with Gasteiger partial charge >= 0.3 is 5.97 Å². The van der Waals surface area contributed by atoms with E-state index in [0.717, 1.165) is 0 Å². The highest BCUT2D eigenvalue weighted by Crippen LogP contribution is 1.90. The van der Waals surface area contributed by atoms with Crippen molar-refractivity contribution in [2.75, 3.05) is 126 Å². The van der Waals surface area contributed by atoms with Gasteiger partial charge in [0.1, 0.15) is 0 Å². The number of carbonyl (C=O) groups is 2. The SMILES string of the molecule is COCCOCCOCCOCCOCCOCCOCCOCCOCCCNC(=O)CCC(=O)O. The van der Waals surface area contributed by atoms with Gasteiger partial charge in [0.25, 0.3) is 0 Å². The van der Waals surface area contributed by atoms with Gasteiger partial charge in [-0.15, -0.1) is 0 Å². The van der Waals surface area contributed by atoms with Gasteiger partial charge in [-0.25, -0.2) is 0 Å². The average molecular weight is 542 g/mol. The molecule has 37 heavy (non-hydrogen) atoms. The fourth-order valence-electron chi connectivity index (χ4n) is 2.49. The van der Waals surface area contributed by atoms with Crippen LogP contribution < -0.4 is 5.32 Å². The highest BCUT2D eigenvalue weighted by atomic mass is 16.6. The van der Waals surface area contributed by atoms with Gasteiger partial charge in [0.15, 0.2) is 0 Å². The van der Waals surface area contributed by atoms with Crippen molar-refractivity contribution in [2.45, 2.75) is 19.3 Å². The lowest BCUT2D eigenvalue weighted by Gasteiger charge is -2.09. The van der Waals surface area contributed by atoms with Crippen LogP contribution in [0.5, 0.6) is 0 Å². The smallest absolute Gasteiger partial charge is 0.303 e. The highest BCUT2D eigenvalue weighted by molar-refractivity contribution is 5.80. The Bertz CT molecular complexity index is 498. The molecule has 0 saturated carbocycles. The van der Waals surface area contributed by atoms with Gasteiger partial charge in [0.2, 0.25) is 5.91 Å². The maximum Gasteiger partial charge on any atom is 0.303 e. The first-order valence-corrected chi connectivity index (χ1v) is 12.8. The average Bonchev–Trinajstić information content (AvgIpc) is 2.89. The third-order valence-electron chi connectivity index (χ3n) is 4.39.